The zero-order valence-electron chi connectivity index (χ0n) is 18.8. The molecule has 0 bridgehead atoms. The van der Waals surface area contributed by atoms with Gasteiger partial charge < -0.3 is 19.7 Å². The molecule has 2 aliphatic heterocycles. The zero-order chi connectivity index (χ0) is 23.3. The highest BCUT2D eigenvalue weighted by molar-refractivity contribution is 7.89. The van der Waals surface area contributed by atoms with Crippen molar-refractivity contribution in [2.75, 3.05) is 56.7 Å². The molecule has 33 heavy (non-hydrogen) atoms. The van der Waals surface area contributed by atoms with Crippen molar-refractivity contribution in [3.8, 4) is 5.75 Å². The normalized spacial score (nSPS) is 17.9. The topological polar surface area (TPSA) is 101 Å². The third-order valence-electron chi connectivity index (χ3n) is 5.97. The average Bonchev–Trinajstić information content (AvgIpc) is 3.15. The van der Waals surface area contributed by atoms with Gasteiger partial charge in [0.05, 0.1) is 30.9 Å². The molecule has 0 radical (unpaired) electrons. The van der Waals surface area contributed by atoms with Gasteiger partial charge in [0.25, 0.3) is 5.91 Å². The predicted octanol–water partition coefficient (Wildman–Crippen LogP) is 2.74. The van der Waals surface area contributed by atoms with Gasteiger partial charge >= 0.3 is 0 Å². The van der Waals surface area contributed by atoms with E-state index < -0.39 is 15.9 Å². The van der Waals surface area contributed by atoms with Crippen LogP contribution < -0.4 is 15.0 Å². The minimum atomic E-state index is -3.66. The predicted molar refractivity (Wildman–Crippen MR) is 125 cm³/mol. The van der Waals surface area contributed by atoms with Crippen LogP contribution in [0.1, 0.15) is 36.2 Å². The number of hydrogen-bond acceptors (Lipinski definition) is 7. The largest absolute Gasteiger partial charge is 0.495 e. The molecule has 1 amide bonds. The number of morpholine rings is 1. The second-order valence-electron chi connectivity index (χ2n) is 8.13. The molecule has 0 spiro atoms. The lowest BCUT2D eigenvalue weighted by atomic mass is 10.2. The number of aromatic nitrogens is 1. The van der Waals surface area contributed by atoms with Crippen LogP contribution in [0.4, 0.5) is 11.4 Å². The molecule has 2 fully saturated rings. The molecule has 0 atom stereocenters. The number of sulfonamides is 1. The lowest BCUT2D eigenvalue weighted by Gasteiger charge is -2.28. The fraction of sp³-hybridized carbons (Fsp3) is 0.478. The van der Waals surface area contributed by atoms with Gasteiger partial charge in [-0.05, 0) is 43.2 Å². The monoisotopic (exact) mass is 474 g/mol. The third kappa shape index (κ3) is 5.45. The first-order valence-corrected chi connectivity index (χ1v) is 12.7. The molecule has 3 heterocycles. The van der Waals surface area contributed by atoms with Crippen LogP contribution in [-0.2, 0) is 14.8 Å². The Hall–Kier alpha value is -2.69. The van der Waals surface area contributed by atoms with Crippen LogP contribution in [-0.4, -0.2) is 70.1 Å². The molecule has 9 nitrogen and oxygen atoms in total. The first-order chi connectivity index (χ1) is 16.0. The highest BCUT2D eigenvalue weighted by Crippen LogP contribution is 2.30. The van der Waals surface area contributed by atoms with Crippen molar-refractivity contribution < 1.29 is 22.7 Å². The summed E-state index contributed by atoms with van der Waals surface area (Å²) in [6, 6.07) is 8.13. The molecule has 0 aliphatic carbocycles. The van der Waals surface area contributed by atoms with Crippen molar-refractivity contribution in [1.29, 1.82) is 0 Å². The van der Waals surface area contributed by atoms with E-state index in [1.54, 1.807) is 18.3 Å². The van der Waals surface area contributed by atoms with Crippen LogP contribution in [0.25, 0.3) is 0 Å². The number of ether oxygens (including phenoxy) is 2. The molecule has 4 rings (SSSR count). The van der Waals surface area contributed by atoms with E-state index in [1.807, 2.05) is 6.07 Å². The Morgan fingerprint density at radius 2 is 1.76 bits per heavy atom. The van der Waals surface area contributed by atoms with Crippen molar-refractivity contribution >= 4 is 27.3 Å². The van der Waals surface area contributed by atoms with Gasteiger partial charge in [0.1, 0.15) is 11.4 Å². The van der Waals surface area contributed by atoms with E-state index in [0.717, 1.165) is 44.5 Å². The van der Waals surface area contributed by atoms with Crippen LogP contribution in [0.15, 0.2) is 41.4 Å². The Morgan fingerprint density at radius 1 is 1.03 bits per heavy atom. The molecule has 2 aliphatic rings. The molecule has 1 N–H and O–H groups in total. The summed E-state index contributed by atoms with van der Waals surface area (Å²) in [6.45, 7) is 3.78. The van der Waals surface area contributed by atoms with E-state index in [1.165, 1.54) is 23.5 Å². The van der Waals surface area contributed by atoms with Crippen molar-refractivity contribution in [2.45, 2.75) is 30.6 Å². The molecular formula is C23H30N4O5S. The number of nitrogens with one attached hydrogen (secondary N) is 1. The third-order valence-corrected chi connectivity index (χ3v) is 7.87. The number of benzene rings is 1. The summed E-state index contributed by atoms with van der Waals surface area (Å²) >= 11 is 0. The molecule has 0 unspecified atom stereocenters. The minimum Gasteiger partial charge on any atom is -0.495 e. The van der Waals surface area contributed by atoms with Crippen LogP contribution in [0, 0.1) is 0 Å². The van der Waals surface area contributed by atoms with Crippen LogP contribution in [0.2, 0.25) is 0 Å². The molecule has 178 valence electrons. The number of carbonyl (C=O) groups excluding carboxylic acids is 1. The number of nitrogens with zero attached hydrogens (tertiary/aromatic N) is 3. The molecule has 10 heteroatoms. The van der Waals surface area contributed by atoms with Crippen LogP contribution >= 0.6 is 0 Å². The smallest absolute Gasteiger partial charge is 0.274 e. The molecule has 2 saturated heterocycles. The van der Waals surface area contributed by atoms with Crippen molar-refractivity contribution in [3.63, 3.8) is 0 Å². The first-order valence-electron chi connectivity index (χ1n) is 11.3. The Morgan fingerprint density at radius 3 is 2.45 bits per heavy atom. The summed E-state index contributed by atoms with van der Waals surface area (Å²) in [6.07, 6.45) is 5.37. The second kappa shape index (κ2) is 10.5. The quantitative estimate of drug-likeness (QED) is 0.687. The van der Waals surface area contributed by atoms with E-state index in [4.69, 9.17) is 9.47 Å². The summed E-state index contributed by atoms with van der Waals surface area (Å²) < 4.78 is 38.7. The molecular weight excluding hydrogens is 444 g/mol. The molecule has 0 saturated carbocycles. The maximum absolute atomic E-state index is 13.2. The average molecular weight is 475 g/mol. The zero-order valence-corrected chi connectivity index (χ0v) is 19.6. The van der Waals surface area contributed by atoms with E-state index in [0.29, 0.717) is 32.1 Å². The highest BCUT2D eigenvalue weighted by atomic mass is 32.2. The van der Waals surface area contributed by atoms with Gasteiger partial charge in [-0.15, -0.1) is 0 Å². The fourth-order valence-electron chi connectivity index (χ4n) is 4.12. The highest BCUT2D eigenvalue weighted by Gasteiger charge is 2.26. The van der Waals surface area contributed by atoms with Gasteiger partial charge in [-0.25, -0.2) is 8.42 Å². The van der Waals surface area contributed by atoms with E-state index >= 15 is 0 Å². The van der Waals surface area contributed by atoms with Gasteiger partial charge in [-0.3, -0.25) is 9.78 Å². The SMILES string of the molecule is COc1ccc(S(=O)(=O)N2CCCCCC2)cc1NC(=O)c1cc(N2CCOCC2)ccn1. The van der Waals surface area contributed by atoms with Crippen LogP contribution in [0.3, 0.4) is 0 Å². The van der Waals surface area contributed by atoms with Crippen molar-refractivity contribution in [2.24, 2.45) is 0 Å². The minimum absolute atomic E-state index is 0.135. The van der Waals surface area contributed by atoms with Gasteiger partial charge in [0.15, 0.2) is 0 Å². The summed E-state index contributed by atoms with van der Waals surface area (Å²) in [5.41, 5.74) is 1.42. The summed E-state index contributed by atoms with van der Waals surface area (Å²) in [5, 5.41) is 2.78. The lowest BCUT2D eigenvalue weighted by molar-refractivity contribution is 0.102. The number of amides is 1. The number of carbonyl (C=O) groups is 1. The number of anilines is 2. The molecule has 1 aromatic carbocycles. The summed E-state index contributed by atoms with van der Waals surface area (Å²) in [4.78, 5) is 19.5. The summed E-state index contributed by atoms with van der Waals surface area (Å²) in [7, 11) is -2.18. The maximum atomic E-state index is 13.2. The lowest BCUT2D eigenvalue weighted by Crippen LogP contribution is -2.36. The van der Waals surface area contributed by atoms with Gasteiger partial charge in [-0.2, -0.15) is 4.31 Å². The molecule has 1 aromatic heterocycles. The fourth-order valence-corrected chi connectivity index (χ4v) is 5.67. The maximum Gasteiger partial charge on any atom is 0.274 e. The summed E-state index contributed by atoms with van der Waals surface area (Å²) in [5.74, 6) is -0.0600. The van der Waals surface area contributed by atoms with E-state index in [-0.39, 0.29) is 16.3 Å². The standard InChI is InChI=1S/C23H30N4O5S/c1-31-22-7-6-19(33(29,30)27-10-4-2-3-5-11-27)17-20(22)25-23(28)21-16-18(8-9-24-21)26-12-14-32-15-13-26/h6-9,16-17H,2-5,10-15H2,1H3,(H,25,28). The van der Waals surface area contributed by atoms with Gasteiger partial charge in [-0.1, -0.05) is 12.8 Å². The molecule has 2 aromatic rings. The van der Waals surface area contributed by atoms with E-state index in [2.05, 4.69) is 15.2 Å². The van der Waals surface area contributed by atoms with Gasteiger partial charge in [0, 0.05) is 38.1 Å². The Kier molecular flexibility index (Phi) is 7.46. The number of pyridine rings is 1. The van der Waals surface area contributed by atoms with Gasteiger partial charge in [0.2, 0.25) is 10.0 Å². The Balaban J connectivity index is 1.57. The Bertz CT molecular complexity index is 1080. The van der Waals surface area contributed by atoms with Crippen molar-refractivity contribution in [3.05, 3.63) is 42.2 Å². The second-order valence-corrected chi connectivity index (χ2v) is 10.1. The number of hydrogen-bond donors (Lipinski definition) is 1. The number of rotatable bonds is 6. The first kappa shape index (κ1) is 23.5. The Labute approximate surface area is 194 Å². The van der Waals surface area contributed by atoms with Crippen LogP contribution in [0.5, 0.6) is 5.75 Å². The van der Waals surface area contributed by atoms with Crippen molar-refractivity contribution in [1.82, 2.24) is 9.29 Å². The van der Waals surface area contributed by atoms with E-state index in [9.17, 15) is 13.2 Å². The number of methoxy groups -OCH3 is 1.